The summed E-state index contributed by atoms with van der Waals surface area (Å²) in [6.45, 7) is 9.99. The summed E-state index contributed by atoms with van der Waals surface area (Å²) < 4.78 is 11.0. The highest BCUT2D eigenvalue weighted by Crippen LogP contribution is 2.66. The van der Waals surface area contributed by atoms with Gasteiger partial charge in [0.1, 0.15) is 12.7 Å². The molecule has 1 unspecified atom stereocenters. The minimum Gasteiger partial charge on any atom is -0.461 e. The topological polar surface area (TPSA) is 89.9 Å². The van der Waals surface area contributed by atoms with Crippen LogP contribution in [0.15, 0.2) is 34.9 Å². The molecule has 0 aromatic carbocycles. The first-order valence-electron chi connectivity index (χ1n) is 13.6. The van der Waals surface area contributed by atoms with E-state index in [1.54, 1.807) is 12.2 Å². The highest BCUT2D eigenvalue weighted by Gasteiger charge is 2.61. The average molecular weight is 497 g/mol. The number of hydrogen-bond donors (Lipinski definition) is 1. The maximum atomic E-state index is 13.2. The van der Waals surface area contributed by atoms with Crippen LogP contribution in [0.4, 0.5) is 0 Å². The highest BCUT2D eigenvalue weighted by molar-refractivity contribution is 5.99. The van der Waals surface area contributed by atoms with E-state index in [-0.39, 0.29) is 41.7 Å². The number of aliphatic hydroxyl groups is 1. The Morgan fingerprint density at radius 1 is 1.22 bits per heavy atom. The molecule has 1 heterocycles. The summed E-state index contributed by atoms with van der Waals surface area (Å²) in [5.41, 5.74) is 1.87. The standard InChI is InChI=1S/C30H40O6/c1-16-14-26(36-28(34)20(16)15-35-18(3)31)17(2)21-8-9-22-19-6-7-24-25(32)10-11-27(33)30(24,5)23(19)12-13-29(21,22)4/h7,10-11,17,19,21-23,25-26,32H,6,8-9,12-15H2,1-5H3/t17-,19-,21+,22-,23-,25?,26+,29+,30+/m0/s1. The van der Waals surface area contributed by atoms with Gasteiger partial charge < -0.3 is 14.6 Å². The number of aliphatic hydroxyl groups excluding tert-OH is 1. The summed E-state index contributed by atoms with van der Waals surface area (Å²) in [4.78, 5) is 37.2. The van der Waals surface area contributed by atoms with Crippen LogP contribution < -0.4 is 0 Å². The number of carbonyl (C=O) groups excluding carboxylic acids is 3. The van der Waals surface area contributed by atoms with Gasteiger partial charge >= 0.3 is 11.9 Å². The van der Waals surface area contributed by atoms with Crippen molar-refractivity contribution in [3.05, 3.63) is 34.9 Å². The lowest BCUT2D eigenvalue weighted by atomic mass is 9.47. The Labute approximate surface area is 214 Å². The van der Waals surface area contributed by atoms with E-state index in [1.807, 2.05) is 6.92 Å². The van der Waals surface area contributed by atoms with Crippen LogP contribution in [0.25, 0.3) is 0 Å². The number of rotatable bonds is 4. The molecule has 196 valence electrons. The van der Waals surface area contributed by atoms with Crippen molar-refractivity contribution in [2.75, 3.05) is 6.61 Å². The van der Waals surface area contributed by atoms with Gasteiger partial charge in [0.15, 0.2) is 5.78 Å². The molecule has 0 saturated heterocycles. The van der Waals surface area contributed by atoms with Gasteiger partial charge in [-0.25, -0.2) is 4.79 Å². The zero-order valence-corrected chi connectivity index (χ0v) is 22.2. The number of cyclic esters (lactones) is 1. The van der Waals surface area contributed by atoms with Gasteiger partial charge in [-0.1, -0.05) is 25.5 Å². The van der Waals surface area contributed by atoms with E-state index >= 15 is 0 Å². The van der Waals surface area contributed by atoms with Crippen molar-refractivity contribution >= 4 is 17.7 Å². The lowest BCUT2D eigenvalue weighted by Crippen LogP contribution is -2.54. The molecule has 5 aliphatic rings. The van der Waals surface area contributed by atoms with Crippen molar-refractivity contribution in [1.29, 1.82) is 0 Å². The largest absolute Gasteiger partial charge is 0.461 e. The first kappa shape index (κ1) is 25.4. The van der Waals surface area contributed by atoms with Crippen molar-refractivity contribution in [2.24, 2.45) is 40.4 Å². The molecule has 2 fully saturated rings. The number of ether oxygens (including phenoxy) is 2. The molecule has 0 aromatic rings. The Morgan fingerprint density at radius 2 is 1.97 bits per heavy atom. The quantitative estimate of drug-likeness (QED) is 0.448. The molecule has 0 aromatic heterocycles. The Balaban J connectivity index is 1.35. The van der Waals surface area contributed by atoms with Gasteiger partial charge in [0.05, 0.1) is 17.1 Å². The van der Waals surface area contributed by atoms with Gasteiger partial charge in [-0.15, -0.1) is 0 Å². The van der Waals surface area contributed by atoms with E-state index in [0.29, 0.717) is 29.7 Å². The molecular formula is C30H40O6. The normalized spacial score (nSPS) is 42.7. The SMILES string of the molecule is CC(=O)OCC1=C(C)C[C@H]([C@@H](C)[C@H]2CC[C@H]3[C@@H]4CC=C5C(O)C=CC(=O)[C@]5(C)[C@H]4CC[C@]23C)OC1=O. The van der Waals surface area contributed by atoms with E-state index in [0.717, 1.165) is 43.3 Å². The second-order valence-corrected chi connectivity index (χ2v) is 12.4. The van der Waals surface area contributed by atoms with Crippen LogP contribution in [-0.2, 0) is 23.9 Å². The fourth-order valence-electron chi connectivity index (χ4n) is 8.89. The van der Waals surface area contributed by atoms with Gasteiger partial charge in [0, 0.05) is 13.3 Å². The van der Waals surface area contributed by atoms with Crippen molar-refractivity contribution in [3.63, 3.8) is 0 Å². The van der Waals surface area contributed by atoms with Crippen LogP contribution >= 0.6 is 0 Å². The van der Waals surface area contributed by atoms with Gasteiger partial charge in [-0.2, -0.15) is 0 Å². The third-order valence-electron chi connectivity index (χ3n) is 10.9. The molecule has 5 rings (SSSR count). The second kappa shape index (κ2) is 8.97. The minimum atomic E-state index is -0.652. The summed E-state index contributed by atoms with van der Waals surface area (Å²) in [7, 11) is 0. The maximum Gasteiger partial charge on any atom is 0.337 e. The van der Waals surface area contributed by atoms with Crippen molar-refractivity contribution in [2.45, 2.75) is 85.4 Å². The van der Waals surface area contributed by atoms with Crippen LogP contribution in [0.5, 0.6) is 0 Å². The molecule has 9 atom stereocenters. The third-order valence-corrected chi connectivity index (χ3v) is 10.9. The number of fused-ring (bicyclic) bond motifs is 5. The van der Waals surface area contributed by atoms with Crippen LogP contribution in [0.1, 0.15) is 73.1 Å². The molecule has 0 radical (unpaired) electrons. The number of allylic oxidation sites excluding steroid dienone is 2. The van der Waals surface area contributed by atoms with Gasteiger partial charge in [-0.3, -0.25) is 9.59 Å². The second-order valence-electron chi connectivity index (χ2n) is 12.4. The summed E-state index contributed by atoms with van der Waals surface area (Å²) in [5.74, 6) is 1.25. The van der Waals surface area contributed by atoms with Gasteiger partial charge in [0.25, 0.3) is 0 Å². The van der Waals surface area contributed by atoms with Gasteiger partial charge in [0.2, 0.25) is 0 Å². The molecule has 36 heavy (non-hydrogen) atoms. The zero-order valence-electron chi connectivity index (χ0n) is 22.2. The maximum absolute atomic E-state index is 13.2. The number of esters is 2. The number of ketones is 1. The molecule has 2 saturated carbocycles. The van der Waals surface area contributed by atoms with Crippen LogP contribution in [0.2, 0.25) is 0 Å². The molecule has 6 heteroatoms. The van der Waals surface area contributed by atoms with Gasteiger partial charge in [-0.05, 0) is 98.7 Å². The average Bonchev–Trinajstić information content (AvgIpc) is 3.17. The van der Waals surface area contributed by atoms with E-state index in [2.05, 4.69) is 26.8 Å². The van der Waals surface area contributed by atoms with Crippen molar-refractivity contribution < 1.29 is 29.0 Å². The van der Waals surface area contributed by atoms with Crippen molar-refractivity contribution in [1.82, 2.24) is 0 Å². The van der Waals surface area contributed by atoms with Crippen molar-refractivity contribution in [3.8, 4) is 0 Å². The fourth-order valence-corrected chi connectivity index (χ4v) is 8.89. The lowest BCUT2D eigenvalue weighted by Gasteiger charge is -2.57. The fraction of sp³-hybridized carbons (Fsp3) is 0.700. The van der Waals surface area contributed by atoms with E-state index < -0.39 is 17.5 Å². The summed E-state index contributed by atoms with van der Waals surface area (Å²) in [5, 5.41) is 10.6. The molecule has 4 aliphatic carbocycles. The predicted octanol–water partition coefficient (Wildman–Crippen LogP) is 4.71. The molecule has 6 nitrogen and oxygen atoms in total. The Kier molecular flexibility index (Phi) is 6.34. The first-order valence-corrected chi connectivity index (χ1v) is 13.6. The summed E-state index contributed by atoms with van der Waals surface area (Å²) in [6, 6.07) is 0. The monoisotopic (exact) mass is 496 g/mol. The zero-order chi connectivity index (χ0) is 26.0. The Bertz CT molecular complexity index is 1070. The first-order chi connectivity index (χ1) is 17.0. The van der Waals surface area contributed by atoms with E-state index in [9.17, 15) is 19.5 Å². The van der Waals surface area contributed by atoms with Crippen LogP contribution in [-0.4, -0.2) is 41.6 Å². The number of carbonyl (C=O) groups is 3. The Morgan fingerprint density at radius 3 is 2.67 bits per heavy atom. The molecule has 0 bridgehead atoms. The number of hydrogen-bond acceptors (Lipinski definition) is 6. The Hall–Kier alpha value is -2.21. The highest BCUT2D eigenvalue weighted by atomic mass is 16.6. The van der Waals surface area contributed by atoms with E-state index in [1.165, 1.54) is 6.92 Å². The van der Waals surface area contributed by atoms with Crippen LogP contribution in [0, 0.1) is 40.4 Å². The molecule has 0 spiro atoms. The van der Waals surface area contributed by atoms with Crippen LogP contribution in [0.3, 0.4) is 0 Å². The van der Waals surface area contributed by atoms with E-state index in [4.69, 9.17) is 9.47 Å². The molecule has 0 amide bonds. The summed E-state index contributed by atoms with van der Waals surface area (Å²) >= 11 is 0. The predicted molar refractivity (Wildman–Crippen MR) is 134 cm³/mol. The lowest BCUT2D eigenvalue weighted by molar-refractivity contribution is -0.153. The summed E-state index contributed by atoms with van der Waals surface area (Å²) in [6.07, 6.45) is 10.4. The minimum absolute atomic E-state index is 0.0235. The smallest absolute Gasteiger partial charge is 0.337 e. The molecular weight excluding hydrogens is 456 g/mol. The molecule has 1 aliphatic heterocycles. The molecule has 1 N–H and O–H groups in total. The third kappa shape index (κ3) is 3.74.